The van der Waals surface area contributed by atoms with E-state index < -0.39 is 5.92 Å². The minimum absolute atomic E-state index is 0.0995. The molecule has 1 saturated carbocycles. The molecular weight excluding hydrogens is 328 g/mol. The first-order valence-electron chi connectivity index (χ1n) is 9.71. The summed E-state index contributed by atoms with van der Waals surface area (Å²) >= 11 is 0. The number of methoxy groups -OCH3 is 2. The van der Waals surface area contributed by atoms with E-state index in [0.717, 1.165) is 25.7 Å². The molecule has 150 valence electrons. The van der Waals surface area contributed by atoms with Crippen molar-refractivity contribution in [1.82, 2.24) is 4.90 Å². The summed E-state index contributed by atoms with van der Waals surface area (Å²) < 4.78 is 43.8. The summed E-state index contributed by atoms with van der Waals surface area (Å²) in [6.45, 7) is 5.91. The Morgan fingerprint density at radius 3 is 2.12 bits per heavy atom. The van der Waals surface area contributed by atoms with E-state index in [1.165, 1.54) is 6.42 Å². The number of rotatable bonds is 9. The number of ether oxygens (including phenoxy) is 3. The third-order valence-corrected chi connectivity index (χ3v) is 4.65. The molecule has 1 aliphatic heterocycles. The molecular formula is C19H37F2NO3. The zero-order valence-electron chi connectivity index (χ0n) is 16.4. The van der Waals surface area contributed by atoms with Gasteiger partial charge in [-0.15, -0.1) is 0 Å². The second-order valence-corrected chi connectivity index (χ2v) is 7.22. The monoisotopic (exact) mass is 365 g/mol. The molecule has 0 N–H and O–H groups in total. The largest absolute Gasteiger partial charge is 0.385 e. The third-order valence-electron chi connectivity index (χ3n) is 4.65. The fourth-order valence-corrected chi connectivity index (χ4v) is 3.18. The number of likely N-dealkylation sites (tertiary alicyclic amines) is 1. The lowest BCUT2D eigenvalue weighted by Crippen LogP contribution is -2.46. The van der Waals surface area contributed by atoms with Gasteiger partial charge >= 0.3 is 0 Å². The molecule has 0 aromatic rings. The van der Waals surface area contributed by atoms with E-state index in [0.29, 0.717) is 38.3 Å². The van der Waals surface area contributed by atoms with Crippen LogP contribution >= 0.6 is 0 Å². The van der Waals surface area contributed by atoms with Crippen LogP contribution in [0.2, 0.25) is 0 Å². The maximum atomic E-state index is 13.8. The van der Waals surface area contributed by atoms with Gasteiger partial charge in [-0.25, -0.2) is 8.78 Å². The van der Waals surface area contributed by atoms with E-state index in [9.17, 15) is 8.78 Å². The SMILES string of the molecule is CCC.COCCCC(F)(F)CN1CCC(OC2CC(OC)C2)CC1. The van der Waals surface area contributed by atoms with Crippen LogP contribution in [0.15, 0.2) is 0 Å². The molecule has 2 aliphatic rings. The lowest BCUT2D eigenvalue weighted by molar-refractivity contribution is -0.130. The van der Waals surface area contributed by atoms with Crippen molar-refractivity contribution in [3.8, 4) is 0 Å². The van der Waals surface area contributed by atoms with E-state index in [-0.39, 0.29) is 19.1 Å². The highest BCUT2D eigenvalue weighted by Gasteiger charge is 2.35. The Hall–Kier alpha value is -0.300. The highest BCUT2D eigenvalue weighted by molar-refractivity contribution is 4.84. The maximum Gasteiger partial charge on any atom is 0.260 e. The maximum absolute atomic E-state index is 13.8. The van der Waals surface area contributed by atoms with E-state index in [4.69, 9.17) is 14.2 Å². The molecule has 1 saturated heterocycles. The van der Waals surface area contributed by atoms with Crippen LogP contribution in [-0.4, -0.2) is 69.6 Å². The van der Waals surface area contributed by atoms with Crippen molar-refractivity contribution in [3.63, 3.8) is 0 Å². The lowest BCUT2D eigenvalue weighted by Gasteiger charge is -2.40. The van der Waals surface area contributed by atoms with Crippen molar-refractivity contribution in [1.29, 1.82) is 0 Å². The van der Waals surface area contributed by atoms with Gasteiger partial charge in [-0.05, 0) is 32.1 Å². The lowest BCUT2D eigenvalue weighted by atomic mass is 9.91. The predicted molar refractivity (Wildman–Crippen MR) is 96.4 cm³/mol. The molecule has 0 spiro atoms. The first-order valence-corrected chi connectivity index (χ1v) is 9.71. The Balaban J connectivity index is 0.000000970. The van der Waals surface area contributed by atoms with Gasteiger partial charge in [0.1, 0.15) is 0 Å². The van der Waals surface area contributed by atoms with Gasteiger partial charge in [0.05, 0.1) is 24.9 Å². The van der Waals surface area contributed by atoms with Crippen molar-refractivity contribution in [2.24, 2.45) is 0 Å². The van der Waals surface area contributed by atoms with Crippen molar-refractivity contribution in [2.45, 2.75) is 83.0 Å². The molecule has 2 rings (SSSR count). The number of nitrogens with zero attached hydrogens (tertiary/aromatic N) is 1. The fourth-order valence-electron chi connectivity index (χ4n) is 3.18. The first-order chi connectivity index (χ1) is 11.9. The molecule has 0 unspecified atom stereocenters. The molecule has 1 heterocycles. The van der Waals surface area contributed by atoms with Crippen LogP contribution in [0.4, 0.5) is 8.78 Å². The minimum atomic E-state index is -2.62. The minimum Gasteiger partial charge on any atom is -0.385 e. The van der Waals surface area contributed by atoms with Crippen LogP contribution in [0.3, 0.4) is 0 Å². The summed E-state index contributed by atoms with van der Waals surface area (Å²) in [6, 6.07) is 0. The number of piperidine rings is 1. The number of halogens is 2. The zero-order valence-corrected chi connectivity index (χ0v) is 16.4. The first kappa shape index (κ1) is 22.7. The predicted octanol–water partition coefficient (Wildman–Crippen LogP) is 4.12. The van der Waals surface area contributed by atoms with Gasteiger partial charge in [-0.3, -0.25) is 4.90 Å². The number of alkyl halides is 2. The molecule has 0 amide bonds. The second kappa shape index (κ2) is 12.2. The second-order valence-electron chi connectivity index (χ2n) is 7.22. The van der Waals surface area contributed by atoms with Crippen molar-refractivity contribution in [3.05, 3.63) is 0 Å². The average Bonchev–Trinajstić information content (AvgIpc) is 2.52. The van der Waals surface area contributed by atoms with E-state index >= 15 is 0 Å². The molecule has 4 nitrogen and oxygen atoms in total. The molecule has 2 fully saturated rings. The molecule has 0 aromatic heterocycles. The van der Waals surface area contributed by atoms with E-state index in [1.807, 2.05) is 4.90 Å². The van der Waals surface area contributed by atoms with Crippen LogP contribution in [-0.2, 0) is 14.2 Å². The fraction of sp³-hybridized carbons (Fsp3) is 1.00. The van der Waals surface area contributed by atoms with Gasteiger partial charge in [-0.2, -0.15) is 0 Å². The quantitative estimate of drug-likeness (QED) is 0.575. The average molecular weight is 366 g/mol. The van der Waals surface area contributed by atoms with Gasteiger partial charge < -0.3 is 14.2 Å². The van der Waals surface area contributed by atoms with Crippen LogP contribution in [0, 0.1) is 0 Å². The molecule has 0 bridgehead atoms. The van der Waals surface area contributed by atoms with Crippen molar-refractivity contribution < 1.29 is 23.0 Å². The highest BCUT2D eigenvalue weighted by atomic mass is 19.3. The van der Waals surface area contributed by atoms with E-state index in [2.05, 4.69) is 13.8 Å². The number of hydrogen-bond acceptors (Lipinski definition) is 4. The Kier molecular flexibility index (Phi) is 11.1. The molecule has 25 heavy (non-hydrogen) atoms. The Bertz CT molecular complexity index is 331. The Morgan fingerprint density at radius 2 is 1.60 bits per heavy atom. The van der Waals surface area contributed by atoms with Gasteiger partial charge in [0.2, 0.25) is 0 Å². The third kappa shape index (κ3) is 9.27. The molecule has 0 atom stereocenters. The van der Waals surface area contributed by atoms with Crippen molar-refractivity contribution in [2.75, 3.05) is 40.5 Å². The van der Waals surface area contributed by atoms with Crippen LogP contribution in [0.5, 0.6) is 0 Å². The van der Waals surface area contributed by atoms with Crippen LogP contribution in [0.25, 0.3) is 0 Å². The Morgan fingerprint density at radius 1 is 1.00 bits per heavy atom. The van der Waals surface area contributed by atoms with Crippen LogP contribution < -0.4 is 0 Å². The normalized spacial score (nSPS) is 25.2. The number of hydrogen-bond donors (Lipinski definition) is 0. The van der Waals surface area contributed by atoms with Crippen LogP contribution in [0.1, 0.15) is 58.8 Å². The summed E-state index contributed by atoms with van der Waals surface area (Å²) in [5, 5.41) is 0. The van der Waals surface area contributed by atoms with Gasteiger partial charge in [0.25, 0.3) is 5.92 Å². The van der Waals surface area contributed by atoms with Gasteiger partial charge in [-0.1, -0.05) is 20.3 Å². The summed E-state index contributed by atoms with van der Waals surface area (Å²) in [5.41, 5.74) is 0. The Labute approximate surface area is 152 Å². The summed E-state index contributed by atoms with van der Waals surface area (Å²) in [7, 11) is 3.27. The van der Waals surface area contributed by atoms with Gasteiger partial charge in [0, 0.05) is 40.3 Å². The highest BCUT2D eigenvalue weighted by Crippen LogP contribution is 2.30. The van der Waals surface area contributed by atoms with Gasteiger partial charge in [0.15, 0.2) is 0 Å². The summed E-state index contributed by atoms with van der Waals surface area (Å²) in [4.78, 5) is 1.87. The summed E-state index contributed by atoms with van der Waals surface area (Å²) in [5.74, 6) is -2.62. The topological polar surface area (TPSA) is 30.9 Å². The van der Waals surface area contributed by atoms with E-state index in [1.54, 1.807) is 14.2 Å². The molecule has 1 aliphatic carbocycles. The van der Waals surface area contributed by atoms with Crippen molar-refractivity contribution >= 4 is 0 Å². The molecule has 0 radical (unpaired) electrons. The zero-order chi connectivity index (χ0) is 18.7. The smallest absolute Gasteiger partial charge is 0.260 e. The standard InChI is InChI=1S/C16H29F2NO3.C3H8/c1-20-9-3-6-16(17,18)12-19-7-4-13(5-8-19)22-15-10-14(11-15)21-2;1-3-2/h13-15H,3-12H2,1-2H3;3H2,1-2H3. The summed E-state index contributed by atoms with van der Waals surface area (Å²) in [6.07, 6.45) is 6.06. The molecule has 6 heteroatoms. The molecule has 0 aromatic carbocycles.